The zero-order chi connectivity index (χ0) is 9.52. The summed E-state index contributed by atoms with van der Waals surface area (Å²) in [7, 11) is 0. The van der Waals surface area contributed by atoms with Crippen molar-refractivity contribution >= 4 is 17.6 Å². The molecular formula is C9H13ClO2. The van der Waals surface area contributed by atoms with Crippen molar-refractivity contribution in [3.05, 3.63) is 11.1 Å². The smallest absolute Gasteiger partial charge is 0.307 e. The summed E-state index contributed by atoms with van der Waals surface area (Å²) in [4.78, 5) is 10.7. The van der Waals surface area contributed by atoms with Crippen molar-refractivity contribution in [3.63, 3.8) is 0 Å². The van der Waals surface area contributed by atoms with Gasteiger partial charge in [0.05, 0.1) is 5.92 Å². The van der Waals surface area contributed by atoms with Crippen molar-refractivity contribution in [3.8, 4) is 0 Å². The van der Waals surface area contributed by atoms with Gasteiger partial charge >= 0.3 is 5.97 Å². The zero-order valence-corrected chi connectivity index (χ0v) is 8.22. The Bertz CT molecular complexity index is 239. The number of hydrogen-bond acceptors (Lipinski definition) is 1. The van der Waals surface area contributed by atoms with Crippen LogP contribution in [0.25, 0.3) is 0 Å². The van der Waals surface area contributed by atoms with Crippen LogP contribution in [-0.4, -0.2) is 11.1 Å². The molecule has 1 fully saturated rings. The lowest BCUT2D eigenvalue weighted by Gasteiger charge is -1.96. The quantitative estimate of drug-likeness (QED) is 0.723. The van der Waals surface area contributed by atoms with E-state index in [2.05, 4.69) is 0 Å². The maximum atomic E-state index is 10.7. The lowest BCUT2D eigenvalue weighted by molar-refractivity contribution is -0.139. The standard InChI is InChI=1S/C9H13ClO2/c1-5(10)4-6-7(8(11)12)9(6,2)3/h4,6-7H,1-3H3,(H,11,12)/b5-4-/t6-,7+/m1/s1. The lowest BCUT2D eigenvalue weighted by Crippen LogP contribution is -2.02. The molecule has 0 spiro atoms. The van der Waals surface area contributed by atoms with Crippen molar-refractivity contribution in [2.45, 2.75) is 20.8 Å². The second kappa shape index (κ2) is 2.77. The van der Waals surface area contributed by atoms with E-state index in [-0.39, 0.29) is 17.3 Å². The Kier molecular flexibility index (Phi) is 2.21. The highest BCUT2D eigenvalue weighted by molar-refractivity contribution is 6.29. The highest BCUT2D eigenvalue weighted by atomic mass is 35.5. The Hall–Kier alpha value is -0.500. The first-order valence-electron chi connectivity index (χ1n) is 3.94. The summed E-state index contributed by atoms with van der Waals surface area (Å²) in [5.74, 6) is -0.877. The minimum absolute atomic E-state index is 0.104. The molecule has 12 heavy (non-hydrogen) atoms. The fourth-order valence-electron chi connectivity index (χ4n) is 1.71. The molecule has 1 rings (SSSR count). The van der Waals surface area contributed by atoms with Gasteiger partial charge < -0.3 is 5.11 Å². The minimum Gasteiger partial charge on any atom is -0.481 e. The van der Waals surface area contributed by atoms with E-state index < -0.39 is 5.97 Å². The Morgan fingerprint density at radius 3 is 2.33 bits per heavy atom. The van der Waals surface area contributed by atoms with Crippen molar-refractivity contribution in [1.29, 1.82) is 0 Å². The molecule has 1 aliphatic carbocycles. The summed E-state index contributed by atoms with van der Waals surface area (Å²) in [6, 6.07) is 0. The van der Waals surface area contributed by atoms with Gasteiger partial charge in [-0.3, -0.25) is 4.79 Å². The highest BCUT2D eigenvalue weighted by Gasteiger charge is 2.60. The molecule has 68 valence electrons. The van der Waals surface area contributed by atoms with Crippen LogP contribution in [-0.2, 0) is 4.79 Å². The van der Waals surface area contributed by atoms with Crippen molar-refractivity contribution < 1.29 is 9.90 Å². The van der Waals surface area contributed by atoms with Crippen molar-refractivity contribution in [2.24, 2.45) is 17.3 Å². The van der Waals surface area contributed by atoms with Gasteiger partial charge in [-0.2, -0.15) is 0 Å². The van der Waals surface area contributed by atoms with Crippen LogP contribution in [0.15, 0.2) is 11.1 Å². The van der Waals surface area contributed by atoms with Crippen LogP contribution in [0.5, 0.6) is 0 Å². The number of carbonyl (C=O) groups is 1. The summed E-state index contributed by atoms with van der Waals surface area (Å²) in [5, 5.41) is 9.48. The molecule has 0 aliphatic heterocycles. The Morgan fingerprint density at radius 2 is 2.08 bits per heavy atom. The van der Waals surface area contributed by atoms with Gasteiger partial charge in [0.2, 0.25) is 0 Å². The van der Waals surface area contributed by atoms with E-state index in [4.69, 9.17) is 16.7 Å². The highest BCUT2D eigenvalue weighted by Crippen LogP contribution is 2.59. The Balaban J connectivity index is 2.73. The van der Waals surface area contributed by atoms with Crippen molar-refractivity contribution in [2.75, 3.05) is 0 Å². The lowest BCUT2D eigenvalue weighted by atomic mass is 10.1. The maximum Gasteiger partial charge on any atom is 0.307 e. The molecule has 0 aromatic rings. The molecule has 2 atom stereocenters. The SMILES string of the molecule is C/C(Cl)=C/[C@@H]1[C@@H](C(=O)O)C1(C)C. The molecule has 0 aromatic carbocycles. The summed E-state index contributed by atoms with van der Waals surface area (Å²) < 4.78 is 0. The molecule has 1 aliphatic rings. The van der Waals surface area contributed by atoms with Crippen molar-refractivity contribution in [1.82, 2.24) is 0 Å². The topological polar surface area (TPSA) is 37.3 Å². The number of carboxylic acids is 1. The number of carboxylic acid groups (broad SMARTS) is 1. The third kappa shape index (κ3) is 1.48. The Morgan fingerprint density at radius 1 is 1.58 bits per heavy atom. The van der Waals surface area contributed by atoms with E-state index in [1.807, 2.05) is 19.9 Å². The largest absolute Gasteiger partial charge is 0.481 e. The van der Waals surface area contributed by atoms with Gasteiger partial charge in [-0.25, -0.2) is 0 Å². The monoisotopic (exact) mass is 188 g/mol. The van der Waals surface area contributed by atoms with E-state index in [1.165, 1.54) is 0 Å². The second-order valence-electron chi connectivity index (χ2n) is 3.92. The third-order valence-electron chi connectivity index (χ3n) is 2.59. The predicted octanol–water partition coefficient (Wildman–Crippen LogP) is 2.49. The van der Waals surface area contributed by atoms with Gasteiger partial charge in [-0.1, -0.05) is 31.5 Å². The normalized spacial score (nSPS) is 33.2. The molecule has 0 saturated heterocycles. The van der Waals surface area contributed by atoms with Gasteiger partial charge in [-0.15, -0.1) is 0 Å². The van der Waals surface area contributed by atoms with Crippen LogP contribution in [0.3, 0.4) is 0 Å². The first-order valence-corrected chi connectivity index (χ1v) is 4.32. The van der Waals surface area contributed by atoms with Crippen LogP contribution >= 0.6 is 11.6 Å². The van der Waals surface area contributed by atoms with E-state index in [9.17, 15) is 4.79 Å². The molecule has 0 heterocycles. The first-order chi connectivity index (χ1) is 5.37. The molecule has 1 N–H and O–H groups in total. The van der Waals surface area contributed by atoms with Gasteiger partial charge in [0, 0.05) is 5.03 Å². The van der Waals surface area contributed by atoms with Crippen LogP contribution in [0.2, 0.25) is 0 Å². The number of hydrogen-bond donors (Lipinski definition) is 1. The maximum absolute atomic E-state index is 10.7. The Labute approximate surface area is 77.2 Å². The number of aliphatic carboxylic acids is 1. The zero-order valence-electron chi connectivity index (χ0n) is 7.47. The molecule has 3 heteroatoms. The molecule has 0 amide bonds. The molecule has 0 bridgehead atoms. The number of halogens is 1. The van der Waals surface area contributed by atoms with Crippen LogP contribution in [0.1, 0.15) is 20.8 Å². The molecule has 0 aromatic heterocycles. The number of rotatable bonds is 2. The first kappa shape index (κ1) is 9.59. The molecular weight excluding hydrogens is 176 g/mol. The molecule has 0 unspecified atom stereocenters. The van der Waals surface area contributed by atoms with E-state index in [1.54, 1.807) is 6.92 Å². The summed E-state index contributed by atoms with van der Waals surface area (Å²) >= 11 is 5.68. The summed E-state index contributed by atoms with van der Waals surface area (Å²) in [5.41, 5.74) is -0.123. The van der Waals surface area contributed by atoms with E-state index in [0.717, 1.165) is 0 Å². The average Bonchev–Trinajstić information content (AvgIpc) is 2.32. The fourth-order valence-corrected chi connectivity index (χ4v) is 1.84. The van der Waals surface area contributed by atoms with Crippen LogP contribution in [0, 0.1) is 17.3 Å². The van der Waals surface area contributed by atoms with Gasteiger partial charge in [0.1, 0.15) is 0 Å². The molecule has 2 nitrogen and oxygen atoms in total. The van der Waals surface area contributed by atoms with E-state index >= 15 is 0 Å². The van der Waals surface area contributed by atoms with E-state index in [0.29, 0.717) is 5.03 Å². The minimum atomic E-state index is -0.723. The van der Waals surface area contributed by atoms with Crippen LogP contribution < -0.4 is 0 Å². The van der Waals surface area contributed by atoms with Gasteiger partial charge in [0.25, 0.3) is 0 Å². The predicted molar refractivity (Wildman–Crippen MR) is 48.0 cm³/mol. The summed E-state index contributed by atoms with van der Waals surface area (Å²) in [6.45, 7) is 5.68. The molecule has 1 saturated carbocycles. The summed E-state index contributed by atoms with van der Waals surface area (Å²) in [6.07, 6.45) is 1.83. The van der Waals surface area contributed by atoms with Crippen LogP contribution in [0.4, 0.5) is 0 Å². The second-order valence-corrected chi connectivity index (χ2v) is 4.51. The molecule has 0 radical (unpaired) electrons. The third-order valence-corrected chi connectivity index (χ3v) is 2.71. The van der Waals surface area contributed by atoms with Gasteiger partial charge in [-0.05, 0) is 18.3 Å². The average molecular weight is 189 g/mol. The van der Waals surface area contributed by atoms with Gasteiger partial charge in [0.15, 0.2) is 0 Å². The number of allylic oxidation sites excluding steroid dienone is 2. The fraction of sp³-hybridized carbons (Fsp3) is 0.667.